The molecule has 0 radical (unpaired) electrons. The molecule has 1 rings (SSSR count). The average molecular weight is 396 g/mol. The van der Waals surface area contributed by atoms with Crippen LogP contribution in [-0.4, -0.2) is 30.5 Å². The van der Waals surface area contributed by atoms with Crippen LogP contribution in [-0.2, 0) is 10.2 Å². The summed E-state index contributed by atoms with van der Waals surface area (Å²) in [5.41, 5.74) is 6.92. The molecule has 0 aromatic heterocycles. The predicted molar refractivity (Wildman–Crippen MR) is 98.4 cm³/mol. The van der Waals surface area contributed by atoms with Crippen LogP contribution in [0, 0.1) is 0 Å². The van der Waals surface area contributed by atoms with E-state index >= 15 is 0 Å². The van der Waals surface area contributed by atoms with Crippen molar-refractivity contribution in [2.75, 3.05) is 18.6 Å². The number of carbonyl (C=O) groups is 1. The van der Waals surface area contributed by atoms with E-state index in [0.29, 0.717) is 13.0 Å². The highest BCUT2D eigenvalue weighted by atomic mass is 79.9. The Labute approximate surface area is 146 Å². The predicted octanol–water partition coefficient (Wildman–Crippen LogP) is 3.35. The van der Waals surface area contributed by atoms with Gasteiger partial charge in [0, 0.05) is 16.4 Å². The molecule has 0 saturated heterocycles. The van der Waals surface area contributed by atoms with Gasteiger partial charge in [0.25, 0.3) is 0 Å². The quantitative estimate of drug-likeness (QED) is 0.744. The minimum Gasteiger partial charge on any atom is -0.354 e. The molecule has 0 heterocycles. The Bertz CT molecular complexity index is 457. The summed E-state index contributed by atoms with van der Waals surface area (Å²) >= 11 is 5.18. The second-order valence-corrected chi connectivity index (χ2v) is 7.40. The molecule has 21 heavy (non-hydrogen) atoms. The van der Waals surface area contributed by atoms with E-state index in [-0.39, 0.29) is 23.7 Å². The lowest BCUT2D eigenvalue weighted by Crippen LogP contribution is -2.45. The molecule has 0 aliphatic heterocycles. The number of thioether (sulfide) groups is 1. The van der Waals surface area contributed by atoms with Gasteiger partial charge in [0.1, 0.15) is 0 Å². The topological polar surface area (TPSA) is 55.1 Å². The summed E-state index contributed by atoms with van der Waals surface area (Å²) in [6.45, 7) is 4.81. The Morgan fingerprint density at radius 1 is 1.48 bits per heavy atom. The van der Waals surface area contributed by atoms with Crippen molar-refractivity contribution in [1.29, 1.82) is 0 Å². The minimum absolute atomic E-state index is 0. The Morgan fingerprint density at radius 3 is 2.71 bits per heavy atom. The molecule has 0 spiro atoms. The van der Waals surface area contributed by atoms with Gasteiger partial charge in [-0.25, -0.2) is 0 Å². The zero-order valence-electron chi connectivity index (χ0n) is 12.7. The molecule has 6 heteroatoms. The number of nitrogens with two attached hydrogens (primary N) is 1. The number of rotatable bonds is 7. The molecule has 0 bridgehead atoms. The lowest BCUT2D eigenvalue weighted by Gasteiger charge is -2.26. The fraction of sp³-hybridized carbons (Fsp3) is 0.533. The summed E-state index contributed by atoms with van der Waals surface area (Å²) in [6.07, 6.45) is 2.73. The number of amides is 1. The third-order valence-electron chi connectivity index (χ3n) is 3.28. The standard InChI is InChI=1S/C15H23BrN2OS.ClH/c1-15(2,11-5-4-6-12(16)9-11)10-18-14(19)13(17)7-8-20-3;/h4-6,9,13H,7-8,10,17H2,1-3H3,(H,18,19);1H/t13-;/m0./s1. The fourth-order valence-electron chi connectivity index (χ4n) is 1.83. The molecule has 0 saturated carbocycles. The molecule has 1 atom stereocenters. The van der Waals surface area contributed by atoms with E-state index in [0.717, 1.165) is 10.2 Å². The third kappa shape index (κ3) is 7.04. The number of hydrogen-bond donors (Lipinski definition) is 2. The van der Waals surface area contributed by atoms with Crippen LogP contribution in [0.3, 0.4) is 0 Å². The van der Waals surface area contributed by atoms with Gasteiger partial charge in [-0.2, -0.15) is 11.8 Å². The maximum Gasteiger partial charge on any atom is 0.236 e. The largest absolute Gasteiger partial charge is 0.354 e. The number of carbonyl (C=O) groups excluding carboxylic acids is 1. The van der Waals surface area contributed by atoms with E-state index in [9.17, 15) is 4.79 Å². The van der Waals surface area contributed by atoms with Crippen LogP contribution in [0.25, 0.3) is 0 Å². The van der Waals surface area contributed by atoms with Gasteiger partial charge in [-0.15, -0.1) is 12.4 Å². The smallest absolute Gasteiger partial charge is 0.236 e. The van der Waals surface area contributed by atoms with Gasteiger partial charge in [0.2, 0.25) is 5.91 Å². The molecule has 0 aliphatic carbocycles. The van der Waals surface area contributed by atoms with Gasteiger partial charge < -0.3 is 11.1 Å². The van der Waals surface area contributed by atoms with Crippen LogP contribution in [0.15, 0.2) is 28.7 Å². The highest BCUT2D eigenvalue weighted by molar-refractivity contribution is 9.10. The van der Waals surface area contributed by atoms with Crippen LogP contribution in [0.2, 0.25) is 0 Å². The van der Waals surface area contributed by atoms with Gasteiger partial charge >= 0.3 is 0 Å². The summed E-state index contributed by atoms with van der Waals surface area (Å²) in [5.74, 6) is 0.839. The summed E-state index contributed by atoms with van der Waals surface area (Å²) in [4.78, 5) is 11.9. The maximum absolute atomic E-state index is 11.9. The van der Waals surface area contributed by atoms with E-state index < -0.39 is 6.04 Å². The van der Waals surface area contributed by atoms with E-state index in [1.54, 1.807) is 11.8 Å². The van der Waals surface area contributed by atoms with Crippen LogP contribution in [0.4, 0.5) is 0 Å². The normalized spacial score (nSPS) is 12.4. The van der Waals surface area contributed by atoms with E-state index in [1.165, 1.54) is 5.56 Å². The van der Waals surface area contributed by atoms with Gasteiger partial charge in [0.05, 0.1) is 6.04 Å². The van der Waals surface area contributed by atoms with Crippen LogP contribution in [0.5, 0.6) is 0 Å². The van der Waals surface area contributed by atoms with Crippen molar-refractivity contribution in [2.24, 2.45) is 5.73 Å². The molecule has 3 nitrogen and oxygen atoms in total. The molecule has 120 valence electrons. The van der Waals surface area contributed by atoms with Crippen molar-refractivity contribution in [3.63, 3.8) is 0 Å². The number of halogens is 2. The van der Waals surface area contributed by atoms with Crippen molar-refractivity contribution < 1.29 is 4.79 Å². The SMILES string of the molecule is CSCC[C@H](N)C(=O)NCC(C)(C)c1cccc(Br)c1.Cl. The Hall–Kier alpha value is -0.230. The fourth-order valence-corrected chi connectivity index (χ4v) is 2.72. The van der Waals surface area contributed by atoms with Gasteiger partial charge in [-0.1, -0.05) is 41.9 Å². The van der Waals surface area contributed by atoms with Gasteiger partial charge in [-0.05, 0) is 36.1 Å². The molecular weight excluding hydrogens is 372 g/mol. The van der Waals surface area contributed by atoms with Gasteiger partial charge in [-0.3, -0.25) is 4.79 Å². The highest BCUT2D eigenvalue weighted by Crippen LogP contribution is 2.25. The molecule has 1 aromatic rings. The zero-order chi connectivity index (χ0) is 15.2. The summed E-state index contributed by atoms with van der Waals surface area (Å²) in [5, 5.41) is 2.96. The first-order valence-corrected chi connectivity index (χ1v) is 8.84. The molecule has 1 amide bonds. The summed E-state index contributed by atoms with van der Waals surface area (Å²) in [6, 6.07) is 7.74. The average Bonchev–Trinajstić information content (AvgIpc) is 2.42. The second-order valence-electron chi connectivity index (χ2n) is 5.50. The first kappa shape index (κ1) is 20.8. The number of hydrogen-bond acceptors (Lipinski definition) is 3. The van der Waals surface area contributed by atoms with E-state index in [4.69, 9.17) is 5.73 Å². The van der Waals surface area contributed by atoms with Crippen LogP contribution >= 0.6 is 40.1 Å². The monoisotopic (exact) mass is 394 g/mol. The molecule has 0 unspecified atom stereocenters. The Balaban J connectivity index is 0.00000400. The highest BCUT2D eigenvalue weighted by Gasteiger charge is 2.23. The number of benzene rings is 1. The van der Waals surface area contributed by atoms with Crippen molar-refractivity contribution in [1.82, 2.24) is 5.32 Å². The maximum atomic E-state index is 11.9. The first-order valence-electron chi connectivity index (χ1n) is 6.65. The lowest BCUT2D eigenvalue weighted by atomic mass is 9.84. The van der Waals surface area contributed by atoms with Crippen molar-refractivity contribution in [3.8, 4) is 0 Å². The molecule has 1 aromatic carbocycles. The second kappa shape index (κ2) is 9.72. The minimum atomic E-state index is -0.416. The summed E-state index contributed by atoms with van der Waals surface area (Å²) in [7, 11) is 0. The van der Waals surface area contributed by atoms with Crippen LogP contribution < -0.4 is 11.1 Å². The van der Waals surface area contributed by atoms with E-state index in [1.807, 2.05) is 18.4 Å². The third-order valence-corrected chi connectivity index (χ3v) is 4.42. The Kier molecular flexibility index (Phi) is 9.61. The van der Waals surface area contributed by atoms with Gasteiger partial charge in [0.15, 0.2) is 0 Å². The molecule has 0 aliphatic rings. The van der Waals surface area contributed by atoms with Crippen molar-refractivity contribution in [3.05, 3.63) is 34.3 Å². The molecule has 0 fully saturated rings. The first-order chi connectivity index (χ1) is 9.36. The number of nitrogens with one attached hydrogen (secondary N) is 1. The zero-order valence-corrected chi connectivity index (χ0v) is 15.9. The van der Waals surface area contributed by atoms with Crippen molar-refractivity contribution in [2.45, 2.75) is 31.7 Å². The van der Waals surface area contributed by atoms with E-state index in [2.05, 4.69) is 47.2 Å². The lowest BCUT2D eigenvalue weighted by molar-refractivity contribution is -0.122. The molecule has 3 N–H and O–H groups in total. The Morgan fingerprint density at radius 2 is 2.14 bits per heavy atom. The molecular formula is C15H24BrClN2OS. The van der Waals surface area contributed by atoms with Crippen LogP contribution in [0.1, 0.15) is 25.8 Å². The van der Waals surface area contributed by atoms with Crippen molar-refractivity contribution >= 4 is 46.0 Å². The summed E-state index contributed by atoms with van der Waals surface area (Å²) < 4.78 is 1.05.